The van der Waals surface area contributed by atoms with Crippen LogP contribution in [0.2, 0.25) is 0 Å². The molecule has 0 aromatic rings. The summed E-state index contributed by atoms with van der Waals surface area (Å²) in [6.45, 7) is 0.310. The van der Waals surface area contributed by atoms with E-state index in [1.807, 2.05) is 0 Å². The van der Waals surface area contributed by atoms with Gasteiger partial charge in [0.2, 0.25) is 5.91 Å². The minimum Gasteiger partial charge on any atom is -0.481 e. The highest BCUT2D eigenvalue weighted by atomic mass is 16.4. The first kappa shape index (κ1) is 18.6. The molecule has 0 aliphatic carbocycles. The van der Waals surface area contributed by atoms with Crippen molar-refractivity contribution in [3.8, 4) is 0 Å². The molecule has 0 bridgehead atoms. The van der Waals surface area contributed by atoms with Gasteiger partial charge >= 0.3 is 11.9 Å². The zero-order valence-electron chi connectivity index (χ0n) is 11.5. The van der Waals surface area contributed by atoms with Crippen molar-refractivity contribution >= 4 is 23.8 Å². The molecule has 0 saturated heterocycles. The number of amides is 1. The van der Waals surface area contributed by atoms with Crippen molar-refractivity contribution in [1.82, 2.24) is 5.32 Å². The molecule has 0 aliphatic heterocycles. The van der Waals surface area contributed by atoms with Gasteiger partial charge in [0.15, 0.2) is 5.96 Å². The number of aliphatic imine (C=N–C) groups is 1. The van der Waals surface area contributed by atoms with E-state index < -0.39 is 29.9 Å². The van der Waals surface area contributed by atoms with E-state index in [0.717, 1.165) is 0 Å². The number of carboxylic acid groups (broad SMARTS) is 2. The number of rotatable bonds is 10. The topological polar surface area (TPSA) is 194 Å². The highest BCUT2D eigenvalue weighted by molar-refractivity contribution is 5.87. The smallest absolute Gasteiger partial charge is 0.326 e. The van der Waals surface area contributed by atoms with E-state index >= 15 is 0 Å². The van der Waals surface area contributed by atoms with Crippen molar-refractivity contribution in [3.05, 3.63) is 0 Å². The van der Waals surface area contributed by atoms with Crippen LogP contribution in [0.15, 0.2) is 4.99 Å². The van der Waals surface area contributed by atoms with Crippen molar-refractivity contribution in [1.29, 1.82) is 0 Å². The molecule has 0 spiro atoms. The van der Waals surface area contributed by atoms with Gasteiger partial charge in [-0.3, -0.25) is 14.6 Å². The highest BCUT2D eigenvalue weighted by Gasteiger charge is 2.23. The van der Waals surface area contributed by atoms with Gasteiger partial charge in [-0.25, -0.2) is 4.79 Å². The average molecular weight is 303 g/mol. The Morgan fingerprint density at radius 3 is 2.24 bits per heavy atom. The average Bonchev–Trinajstić information content (AvgIpc) is 2.38. The normalized spacial score (nSPS) is 13.0. The second-order valence-electron chi connectivity index (χ2n) is 4.39. The van der Waals surface area contributed by atoms with E-state index in [9.17, 15) is 14.4 Å². The summed E-state index contributed by atoms with van der Waals surface area (Å²) in [7, 11) is 0. The molecule has 2 atom stereocenters. The maximum atomic E-state index is 11.7. The number of guanidine groups is 1. The number of nitrogens with two attached hydrogens (primary N) is 3. The predicted molar refractivity (Wildman–Crippen MR) is 74.3 cm³/mol. The fourth-order valence-corrected chi connectivity index (χ4v) is 1.45. The Labute approximate surface area is 121 Å². The Morgan fingerprint density at radius 2 is 1.76 bits per heavy atom. The van der Waals surface area contributed by atoms with E-state index in [1.54, 1.807) is 0 Å². The minimum atomic E-state index is -1.31. The maximum Gasteiger partial charge on any atom is 0.326 e. The van der Waals surface area contributed by atoms with E-state index in [-0.39, 0.29) is 25.2 Å². The molecule has 0 fully saturated rings. The lowest BCUT2D eigenvalue weighted by Crippen LogP contribution is -2.48. The molecule has 0 aromatic carbocycles. The number of hydrogen-bond donors (Lipinski definition) is 6. The molecule has 10 nitrogen and oxygen atoms in total. The molecular formula is C11H21N5O5. The first-order chi connectivity index (χ1) is 9.73. The summed E-state index contributed by atoms with van der Waals surface area (Å²) < 4.78 is 0. The molecule has 0 aromatic heterocycles. The van der Waals surface area contributed by atoms with Gasteiger partial charge in [0.25, 0.3) is 0 Å². The molecule has 2 unspecified atom stereocenters. The highest BCUT2D eigenvalue weighted by Crippen LogP contribution is 2.01. The molecule has 9 N–H and O–H groups in total. The van der Waals surface area contributed by atoms with E-state index in [4.69, 9.17) is 27.4 Å². The van der Waals surface area contributed by atoms with Crippen LogP contribution in [0.3, 0.4) is 0 Å². The lowest BCUT2D eigenvalue weighted by molar-refractivity contribution is -0.143. The maximum absolute atomic E-state index is 11.7. The summed E-state index contributed by atoms with van der Waals surface area (Å²) in [5, 5.41) is 19.6. The van der Waals surface area contributed by atoms with Crippen LogP contribution >= 0.6 is 0 Å². The van der Waals surface area contributed by atoms with Crippen LogP contribution in [0.4, 0.5) is 0 Å². The van der Waals surface area contributed by atoms with Crippen molar-refractivity contribution in [2.24, 2.45) is 22.2 Å². The quantitative estimate of drug-likeness (QED) is 0.148. The molecule has 21 heavy (non-hydrogen) atoms. The summed E-state index contributed by atoms with van der Waals surface area (Å²) in [5.41, 5.74) is 15.9. The van der Waals surface area contributed by atoms with Gasteiger partial charge in [0.1, 0.15) is 6.04 Å². The van der Waals surface area contributed by atoms with Crippen LogP contribution < -0.4 is 22.5 Å². The number of hydrogen-bond acceptors (Lipinski definition) is 5. The number of carbonyl (C=O) groups excluding carboxylic acids is 1. The summed E-state index contributed by atoms with van der Waals surface area (Å²) in [6.07, 6.45) is 0.154. The number of nitrogens with zero attached hydrogens (tertiary/aromatic N) is 1. The largest absolute Gasteiger partial charge is 0.481 e. The van der Waals surface area contributed by atoms with Crippen LogP contribution in [0.25, 0.3) is 0 Å². The van der Waals surface area contributed by atoms with Gasteiger partial charge in [-0.2, -0.15) is 0 Å². The van der Waals surface area contributed by atoms with Crippen LogP contribution in [-0.2, 0) is 14.4 Å². The fraction of sp³-hybridized carbons (Fsp3) is 0.636. The van der Waals surface area contributed by atoms with Gasteiger partial charge in [-0.05, 0) is 19.3 Å². The first-order valence-electron chi connectivity index (χ1n) is 6.30. The zero-order chi connectivity index (χ0) is 16.4. The molecule has 0 saturated carbocycles. The van der Waals surface area contributed by atoms with Gasteiger partial charge in [-0.15, -0.1) is 0 Å². The Kier molecular flexibility index (Phi) is 8.46. The van der Waals surface area contributed by atoms with Gasteiger partial charge < -0.3 is 32.7 Å². The summed E-state index contributed by atoms with van der Waals surface area (Å²) in [6, 6.07) is -2.19. The number of carboxylic acids is 2. The predicted octanol–water partition coefficient (Wildman–Crippen LogP) is -2.20. The summed E-state index contributed by atoms with van der Waals surface area (Å²) >= 11 is 0. The van der Waals surface area contributed by atoms with E-state index in [0.29, 0.717) is 13.0 Å². The molecule has 0 radical (unpaired) electrons. The third-order valence-corrected chi connectivity index (χ3v) is 2.57. The Morgan fingerprint density at radius 1 is 1.14 bits per heavy atom. The second-order valence-corrected chi connectivity index (χ2v) is 4.39. The van der Waals surface area contributed by atoms with Crippen molar-refractivity contribution in [2.45, 2.75) is 37.8 Å². The van der Waals surface area contributed by atoms with E-state index in [2.05, 4.69) is 10.3 Å². The summed E-state index contributed by atoms with van der Waals surface area (Å²) in [5.74, 6) is -3.17. The first-order valence-corrected chi connectivity index (χ1v) is 6.30. The molecule has 10 heteroatoms. The van der Waals surface area contributed by atoms with Crippen LogP contribution in [0, 0.1) is 0 Å². The van der Waals surface area contributed by atoms with Crippen molar-refractivity contribution < 1.29 is 24.6 Å². The molecule has 0 aliphatic rings. The zero-order valence-corrected chi connectivity index (χ0v) is 11.5. The summed E-state index contributed by atoms with van der Waals surface area (Å²) in [4.78, 5) is 36.7. The second kappa shape index (κ2) is 9.53. The van der Waals surface area contributed by atoms with Crippen molar-refractivity contribution in [2.75, 3.05) is 6.54 Å². The molecule has 120 valence electrons. The molecule has 1 amide bonds. The lowest BCUT2D eigenvalue weighted by Gasteiger charge is -2.17. The standard InChI is InChI=1S/C11H21N5O5/c12-6(2-1-5-15-11(13)14)9(19)16-7(10(20)21)3-4-8(17)18/h6-7H,1-5,12H2,(H,16,19)(H,17,18)(H,20,21)(H4,13,14,15). The van der Waals surface area contributed by atoms with Gasteiger partial charge in [0, 0.05) is 13.0 Å². The SMILES string of the molecule is NC(N)=NCCCC(N)C(=O)NC(CCC(=O)O)C(=O)O. The number of carbonyl (C=O) groups is 3. The van der Waals surface area contributed by atoms with Crippen LogP contribution in [-0.4, -0.2) is 52.6 Å². The van der Waals surface area contributed by atoms with Gasteiger partial charge in [-0.1, -0.05) is 0 Å². The van der Waals surface area contributed by atoms with Gasteiger partial charge in [0.05, 0.1) is 6.04 Å². The Balaban J connectivity index is 4.24. The fourth-order valence-electron chi connectivity index (χ4n) is 1.45. The van der Waals surface area contributed by atoms with Crippen LogP contribution in [0.1, 0.15) is 25.7 Å². The Hall–Kier alpha value is -2.36. The Bertz CT molecular complexity index is 408. The lowest BCUT2D eigenvalue weighted by atomic mass is 10.1. The molecule has 0 rings (SSSR count). The third-order valence-electron chi connectivity index (χ3n) is 2.57. The minimum absolute atomic E-state index is 0.0624. The molecular weight excluding hydrogens is 282 g/mol. The van der Waals surface area contributed by atoms with E-state index in [1.165, 1.54) is 0 Å². The molecule has 0 heterocycles. The monoisotopic (exact) mass is 303 g/mol. The number of nitrogens with one attached hydrogen (secondary N) is 1. The van der Waals surface area contributed by atoms with Crippen LogP contribution in [0.5, 0.6) is 0 Å². The van der Waals surface area contributed by atoms with Crippen molar-refractivity contribution in [3.63, 3.8) is 0 Å². The third kappa shape index (κ3) is 9.21. The number of aliphatic carboxylic acids is 2.